The Morgan fingerprint density at radius 3 is 2.90 bits per heavy atom. The summed E-state index contributed by atoms with van der Waals surface area (Å²) in [5.41, 5.74) is 1.28. The summed E-state index contributed by atoms with van der Waals surface area (Å²) in [4.78, 5) is 12.0. The molecule has 2 aliphatic rings. The number of halogens is 1. The van der Waals surface area contributed by atoms with Crippen LogP contribution in [0.1, 0.15) is 50.6 Å². The lowest BCUT2D eigenvalue weighted by atomic mass is 10.0. The lowest BCUT2D eigenvalue weighted by Crippen LogP contribution is -2.15. The van der Waals surface area contributed by atoms with Crippen molar-refractivity contribution in [3.8, 4) is 0 Å². The van der Waals surface area contributed by atoms with E-state index in [-0.39, 0.29) is 18.3 Å². The SMILES string of the molecule is CCn1nc(NC(=O)CCC2CCNC2)cc1C1CC1.Cl. The van der Waals surface area contributed by atoms with Gasteiger partial charge in [0, 0.05) is 30.6 Å². The Morgan fingerprint density at radius 2 is 2.29 bits per heavy atom. The summed E-state index contributed by atoms with van der Waals surface area (Å²) in [7, 11) is 0. The minimum Gasteiger partial charge on any atom is -0.316 e. The molecule has 2 N–H and O–H groups in total. The number of hydrogen-bond donors (Lipinski definition) is 2. The highest BCUT2D eigenvalue weighted by Crippen LogP contribution is 2.40. The molecule has 21 heavy (non-hydrogen) atoms. The van der Waals surface area contributed by atoms with Crippen molar-refractivity contribution >= 4 is 24.1 Å². The van der Waals surface area contributed by atoms with Crippen molar-refractivity contribution in [2.75, 3.05) is 18.4 Å². The Hall–Kier alpha value is -1.07. The van der Waals surface area contributed by atoms with E-state index in [4.69, 9.17) is 0 Å². The molecular formula is C15H25ClN4O. The fourth-order valence-corrected chi connectivity index (χ4v) is 2.95. The van der Waals surface area contributed by atoms with Crippen LogP contribution in [0.3, 0.4) is 0 Å². The Morgan fingerprint density at radius 1 is 1.48 bits per heavy atom. The maximum atomic E-state index is 12.0. The highest BCUT2D eigenvalue weighted by atomic mass is 35.5. The van der Waals surface area contributed by atoms with Gasteiger partial charge in [0.1, 0.15) is 0 Å². The number of nitrogens with zero attached hydrogens (tertiary/aromatic N) is 2. The molecule has 1 aromatic heterocycles. The summed E-state index contributed by atoms with van der Waals surface area (Å²) >= 11 is 0. The zero-order valence-electron chi connectivity index (χ0n) is 12.6. The van der Waals surface area contributed by atoms with E-state index in [0.29, 0.717) is 18.3 Å². The van der Waals surface area contributed by atoms with Gasteiger partial charge >= 0.3 is 0 Å². The van der Waals surface area contributed by atoms with Gasteiger partial charge in [-0.2, -0.15) is 5.10 Å². The van der Waals surface area contributed by atoms with Crippen molar-refractivity contribution < 1.29 is 4.79 Å². The number of carbonyl (C=O) groups excluding carboxylic acids is 1. The van der Waals surface area contributed by atoms with Crippen LogP contribution >= 0.6 is 12.4 Å². The van der Waals surface area contributed by atoms with Gasteiger partial charge in [0.2, 0.25) is 5.91 Å². The van der Waals surface area contributed by atoms with Crippen molar-refractivity contribution in [2.24, 2.45) is 5.92 Å². The smallest absolute Gasteiger partial charge is 0.225 e. The van der Waals surface area contributed by atoms with Crippen LogP contribution in [0.4, 0.5) is 5.82 Å². The third-order valence-corrected chi connectivity index (χ3v) is 4.32. The Kier molecular flexibility index (Phi) is 5.65. The van der Waals surface area contributed by atoms with Crippen LogP contribution in [-0.4, -0.2) is 28.8 Å². The van der Waals surface area contributed by atoms with Crippen molar-refractivity contribution in [1.29, 1.82) is 0 Å². The third kappa shape index (κ3) is 4.20. The van der Waals surface area contributed by atoms with E-state index >= 15 is 0 Å². The van der Waals surface area contributed by atoms with Crippen molar-refractivity contribution in [1.82, 2.24) is 15.1 Å². The number of carbonyl (C=O) groups is 1. The van der Waals surface area contributed by atoms with Crippen molar-refractivity contribution in [2.45, 2.75) is 51.5 Å². The first kappa shape index (κ1) is 16.3. The number of nitrogens with one attached hydrogen (secondary N) is 2. The van der Waals surface area contributed by atoms with E-state index in [0.717, 1.165) is 31.9 Å². The molecule has 6 heteroatoms. The van der Waals surface area contributed by atoms with Gasteiger partial charge in [0.05, 0.1) is 0 Å². The van der Waals surface area contributed by atoms with E-state index in [1.54, 1.807) is 0 Å². The second kappa shape index (κ2) is 7.27. The van der Waals surface area contributed by atoms with Gasteiger partial charge in [0.15, 0.2) is 5.82 Å². The Bertz CT molecular complexity index is 478. The molecule has 1 aliphatic heterocycles. The normalized spacial score (nSPS) is 21.1. The second-order valence-corrected chi connectivity index (χ2v) is 5.99. The highest BCUT2D eigenvalue weighted by molar-refractivity contribution is 5.89. The molecule has 5 nitrogen and oxygen atoms in total. The minimum absolute atomic E-state index is 0. The van der Waals surface area contributed by atoms with Gasteiger partial charge in [0.25, 0.3) is 0 Å². The molecule has 1 amide bonds. The average molecular weight is 313 g/mol. The molecule has 0 aromatic carbocycles. The molecular weight excluding hydrogens is 288 g/mol. The molecule has 1 aromatic rings. The van der Waals surface area contributed by atoms with E-state index in [1.165, 1.54) is 25.0 Å². The molecule has 1 saturated carbocycles. The average Bonchev–Trinajstić information content (AvgIpc) is 3.01. The number of anilines is 1. The summed E-state index contributed by atoms with van der Waals surface area (Å²) < 4.78 is 2.02. The lowest BCUT2D eigenvalue weighted by molar-refractivity contribution is -0.116. The summed E-state index contributed by atoms with van der Waals surface area (Å²) in [6, 6.07) is 2.05. The van der Waals surface area contributed by atoms with Gasteiger partial charge < -0.3 is 10.6 Å². The first-order valence-electron chi connectivity index (χ1n) is 7.84. The number of rotatable bonds is 6. The molecule has 1 atom stereocenters. The Balaban J connectivity index is 0.00000161. The van der Waals surface area contributed by atoms with E-state index in [9.17, 15) is 4.79 Å². The predicted molar refractivity (Wildman–Crippen MR) is 86.0 cm³/mol. The maximum Gasteiger partial charge on any atom is 0.225 e. The maximum absolute atomic E-state index is 12.0. The molecule has 1 unspecified atom stereocenters. The minimum atomic E-state index is 0. The first-order valence-corrected chi connectivity index (χ1v) is 7.84. The van der Waals surface area contributed by atoms with Crippen molar-refractivity contribution in [3.63, 3.8) is 0 Å². The van der Waals surface area contributed by atoms with Crippen LogP contribution in [0.5, 0.6) is 0 Å². The van der Waals surface area contributed by atoms with Crippen LogP contribution in [0, 0.1) is 5.92 Å². The van der Waals surface area contributed by atoms with Gasteiger partial charge in [-0.25, -0.2) is 0 Å². The molecule has 0 radical (unpaired) electrons. The number of amides is 1. The standard InChI is InChI=1S/C15H24N4O.ClH/c1-2-19-13(12-4-5-12)9-14(18-19)17-15(20)6-3-11-7-8-16-10-11;/h9,11-12,16H,2-8,10H2,1H3,(H,17,18,20);1H. The fraction of sp³-hybridized carbons (Fsp3) is 0.733. The summed E-state index contributed by atoms with van der Waals surface area (Å²) in [5, 5.41) is 10.8. The topological polar surface area (TPSA) is 59.0 Å². The monoisotopic (exact) mass is 312 g/mol. The van der Waals surface area contributed by atoms with Crippen molar-refractivity contribution in [3.05, 3.63) is 11.8 Å². The molecule has 1 saturated heterocycles. The zero-order valence-corrected chi connectivity index (χ0v) is 13.4. The molecule has 2 heterocycles. The third-order valence-electron chi connectivity index (χ3n) is 4.32. The molecule has 118 valence electrons. The van der Waals surface area contributed by atoms with E-state index in [2.05, 4.69) is 28.7 Å². The number of hydrogen-bond acceptors (Lipinski definition) is 3. The quantitative estimate of drug-likeness (QED) is 0.848. The van der Waals surface area contributed by atoms with Gasteiger partial charge in [-0.05, 0) is 51.6 Å². The van der Waals surface area contributed by atoms with Gasteiger partial charge in [-0.15, -0.1) is 12.4 Å². The predicted octanol–water partition coefficient (Wildman–Crippen LogP) is 2.53. The van der Waals surface area contributed by atoms with Crippen LogP contribution in [0.2, 0.25) is 0 Å². The van der Waals surface area contributed by atoms with Crippen LogP contribution < -0.4 is 10.6 Å². The number of aryl methyl sites for hydroxylation is 1. The lowest BCUT2D eigenvalue weighted by Gasteiger charge is -2.07. The van der Waals surface area contributed by atoms with Crippen LogP contribution in [0.25, 0.3) is 0 Å². The summed E-state index contributed by atoms with van der Waals surface area (Å²) in [6.45, 7) is 5.12. The fourth-order valence-electron chi connectivity index (χ4n) is 2.95. The second-order valence-electron chi connectivity index (χ2n) is 5.99. The largest absolute Gasteiger partial charge is 0.316 e. The van der Waals surface area contributed by atoms with Crippen LogP contribution in [-0.2, 0) is 11.3 Å². The molecule has 0 spiro atoms. The molecule has 1 aliphatic carbocycles. The van der Waals surface area contributed by atoms with Crippen LogP contribution in [0.15, 0.2) is 6.07 Å². The summed E-state index contributed by atoms with van der Waals surface area (Å²) in [6.07, 6.45) is 5.29. The van der Waals surface area contributed by atoms with E-state index < -0.39 is 0 Å². The van der Waals surface area contributed by atoms with E-state index in [1.807, 2.05) is 4.68 Å². The first-order chi connectivity index (χ1) is 9.76. The Labute approximate surface area is 132 Å². The molecule has 0 bridgehead atoms. The van der Waals surface area contributed by atoms with Gasteiger partial charge in [-0.1, -0.05) is 0 Å². The molecule has 3 rings (SSSR count). The van der Waals surface area contributed by atoms with Gasteiger partial charge in [-0.3, -0.25) is 9.48 Å². The highest BCUT2D eigenvalue weighted by Gasteiger charge is 2.28. The zero-order chi connectivity index (χ0) is 13.9. The molecule has 2 fully saturated rings. The summed E-state index contributed by atoms with van der Waals surface area (Å²) in [5.74, 6) is 2.15. The number of aromatic nitrogens is 2.